The standard InChI is InChI=1S/C15H26N4O3/c1-5-7-10-22-15-13(19(20)21)14(16-9-8-11(3)4)17-12(6-2)18-15/h11H,5-10H2,1-4H3,(H,16,17,18). The molecule has 1 N–H and O–H groups in total. The van der Waals surface area contributed by atoms with Crippen molar-refractivity contribution in [1.82, 2.24) is 9.97 Å². The van der Waals surface area contributed by atoms with E-state index in [2.05, 4.69) is 29.1 Å². The van der Waals surface area contributed by atoms with Gasteiger partial charge in [-0.25, -0.2) is 4.98 Å². The molecule has 0 spiro atoms. The number of aryl methyl sites for hydroxylation is 1. The van der Waals surface area contributed by atoms with Crippen molar-refractivity contribution in [3.63, 3.8) is 0 Å². The van der Waals surface area contributed by atoms with Gasteiger partial charge < -0.3 is 10.1 Å². The molecule has 7 nitrogen and oxygen atoms in total. The van der Waals surface area contributed by atoms with Gasteiger partial charge in [0.15, 0.2) is 0 Å². The van der Waals surface area contributed by atoms with Crippen molar-refractivity contribution >= 4 is 11.5 Å². The number of aromatic nitrogens is 2. The summed E-state index contributed by atoms with van der Waals surface area (Å²) in [6, 6.07) is 0. The molecule has 0 aromatic carbocycles. The Hall–Kier alpha value is -1.92. The number of nitrogens with zero attached hydrogens (tertiary/aromatic N) is 3. The van der Waals surface area contributed by atoms with Crippen LogP contribution in [0.1, 0.15) is 52.8 Å². The average molecular weight is 310 g/mol. The predicted octanol–water partition coefficient (Wildman–Crippen LogP) is 3.58. The molecular formula is C15H26N4O3. The van der Waals surface area contributed by atoms with Gasteiger partial charge in [0.2, 0.25) is 5.82 Å². The maximum atomic E-state index is 11.4. The van der Waals surface area contributed by atoms with E-state index in [9.17, 15) is 10.1 Å². The van der Waals surface area contributed by atoms with Crippen LogP contribution in [-0.4, -0.2) is 28.0 Å². The summed E-state index contributed by atoms with van der Waals surface area (Å²) in [5.41, 5.74) is -0.169. The number of unbranched alkanes of at least 4 members (excludes halogenated alkanes) is 1. The summed E-state index contributed by atoms with van der Waals surface area (Å²) in [5, 5.41) is 14.4. The molecule has 0 aliphatic rings. The SMILES string of the molecule is CCCCOc1nc(CC)nc(NCCC(C)C)c1[N+](=O)[O-]. The molecule has 0 aliphatic heterocycles. The number of hydrogen-bond acceptors (Lipinski definition) is 6. The number of hydrogen-bond donors (Lipinski definition) is 1. The molecule has 0 saturated heterocycles. The molecule has 124 valence electrons. The Bertz CT molecular complexity index is 492. The van der Waals surface area contributed by atoms with Crippen molar-refractivity contribution < 1.29 is 9.66 Å². The molecule has 0 unspecified atom stereocenters. The van der Waals surface area contributed by atoms with E-state index in [0.29, 0.717) is 31.3 Å². The third-order valence-electron chi connectivity index (χ3n) is 3.15. The van der Waals surface area contributed by atoms with E-state index in [4.69, 9.17) is 4.74 Å². The van der Waals surface area contributed by atoms with Gasteiger partial charge in [0, 0.05) is 13.0 Å². The van der Waals surface area contributed by atoms with Gasteiger partial charge in [0.25, 0.3) is 5.88 Å². The lowest BCUT2D eigenvalue weighted by Crippen LogP contribution is -2.12. The van der Waals surface area contributed by atoms with Crippen molar-refractivity contribution in [2.75, 3.05) is 18.5 Å². The molecule has 0 saturated carbocycles. The highest BCUT2D eigenvalue weighted by atomic mass is 16.6. The summed E-state index contributed by atoms with van der Waals surface area (Å²) < 4.78 is 5.52. The van der Waals surface area contributed by atoms with Crippen LogP contribution >= 0.6 is 0 Å². The smallest absolute Gasteiger partial charge is 0.372 e. The zero-order valence-electron chi connectivity index (χ0n) is 13.9. The van der Waals surface area contributed by atoms with Gasteiger partial charge in [0.1, 0.15) is 5.82 Å². The Morgan fingerprint density at radius 3 is 2.59 bits per heavy atom. The molecule has 22 heavy (non-hydrogen) atoms. The number of nitro groups is 1. The number of ether oxygens (including phenoxy) is 1. The largest absolute Gasteiger partial charge is 0.473 e. The zero-order valence-corrected chi connectivity index (χ0v) is 13.9. The van der Waals surface area contributed by atoms with Gasteiger partial charge in [-0.15, -0.1) is 0 Å². The first-order valence-electron chi connectivity index (χ1n) is 7.91. The second-order valence-corrected chi connectivity index (χ2v) is 5.56. The van der Waals surface area contributed by atoms with Crippen LogP contribution in [-0.2, 0) is 6.42 Å². The molecule has 1 rings (SSSR count). The topological polar surface area (TPSA) is 90.2 Å². The van der Waals surface area contributed by atoms with Gasteiger partial charge in [-0.05, 0) is 18.8 Å². The van der Waals surface area contributed by atoms with Crippen molar-refractivity contribution in [2.45, 2.75) is 53.4 Å². The van der Waals surface area contributed by atoms with E-state index in [1.54, 1.807) is 0 Å². The monoisotopic (exact) mass is 310 g/mol. The highest BCUT2D eigenvalue weighted by molar-refractivity contribution is 5.61. The van der Waals surface area contributed by atoms with Crippen molar-refractivity contribution in [2.24, 2.45) is 5.92 Å². The van der Waals surface area contributed by atoms with Crippen molar-refractivity contribution in [3.8, 4) is 5.88 Å². The molecule has 0 radical (unpaired) electrons. The van der Waals surface area contributed by atoms with Crippen molar-refractivity contribution in [3.05, 3.63) is 15.9 Å². The molecule has 0 aliphatic carbocycles. The molecule has 1 aromatic heterocycles. The molecule has 1 aromatic rings. The van der Waals surface area contributed by atoms with Crippen LogP contribution in [0.5, 0.6) is 5.88 Å². The second kappa shape index (κ2) is 9.17. The fourth-order valence-electron chi connectivity index (χ4n) is 1.82. The van der Waals surface area contributed by atoms with Gasteiger partial charge in [0.05, 0.1) is 11.5 Å². The summed E-state index contributed by atoms with van der Waals surface area (Å²) in [4.78, 5) is 19.3. The summed E-state index contributed by atoms with van der Waals surface area (Å²) in [5.74, 6) is 1.38. The first-order chi connectivity index (χ1) is 10.5. The van der Waals surface area contributed by atoms with Crippen LogP contribution in [0.2, 0.25) is 0 Å². The lowest BCUT2D eigenvalue weighted by atomic mass is 10.1. The quantitative estimate of drug-likeness (QED) is 0.403. The third kappa shape index (κ3) is 5.46. The fraction of sp³-hybridized carbons (Fsp3) is 0.733. The van der Waals surface area contributed by atoms with Crippen LogP contribution in [0.15, 0.2) is 0 Å². The predicted molar refractivity (Wildman–Crippen MR) is 86.4 cm³/mol. The van der Waals surface area contributed by atoms with Crippen LogP contribution < -0.4 is 10.1 Å². The Balaban J connectivity index is 3.04. The first kappa shape index (κ1) is 18.1. The maximum Gasteiger partial charge on any atom is 0.372 e. The lowest BCUT2D eigenvalue weighted by Gasteiger charge is -2.12. The van der Waals surface area contributed by atoms with Gasteiger partial charge in [-0.1, -0.05) is 34.1 Å². The molecule has 7 heteroatoms. The van der Waals surface area contributed by atoms with E-state index < -0.39 is 4.92 Å². The minimum absolute atomic E-state index is 0.0670. The van der Waals surface area contributed by atoms with E-state index in [1.807, 2.05) is 13.8 Å². The van der Waals surface area contributed by atoms with E-state index >= 15 is 0 Å². The first-order valence-corrected chi connectivity index (χ1v) is 7.91. The molecule has 1 heterocycles. The zero-order chi connectivity index (χ0) is 16.5. The van der Waals surface area contributed by atoms with Crippen molar-refractivity contribution in [1.29, 1.82) is 0 Å². The number of nitrogens with one attached hydrogen (secondary N) is 1. The summed E-state index contributed by atoms with van der Waals surface area (Å²) in [6.45, 7) is 9.21. The average Bonchev–Trinajstić information content (AvgIpc) is 2.46. The fourth-order valence-corrected chi connectivity index (χ4v) is 1.82. The third-order valence-corrected chi connectivity index (χ3v) is 3.15. The molecule has 0 fully saturated rings. The molecular weight excluding hydrogens is 284 g/mol. The highest BCUT2D eigenvalue weighted by Crippen LogP contribution is 2.32. The Kier molecular flexibility index (Phi) is 7.56. The molecule has 0 amide bonds. The normalized spacial score (nSPS) is 10.8. The van der Waals surface area contributed by atoms with Gasteiger partial charge in [-0.3, -0.25) is 10.1 Å². The van der Waals surface area contributed by atoms with Gasteiger partial charge in [-0.2, -0.15) is 4.98 Å². The van der Waals surface area contributed by atoms with Crippen LogP contribution in [0.3, 0.4) is 0 Å². The highest BCUT2D eigenvalue weighted by Gasteiger charge is 2.26. The molecule has 0 atom stereocenters. The summed E-state index contributed by atoms with van der Waals surface area (Å²) >= 11 is 0. The van der Waals surface area contributed by atoms with E-state index in [0.717, 1.165) is 19.3 Å². The summed E-state index contributed by atoms with van der Waals surface area (Å²) in [7, 11) is 0. The number of anilines is 1. The van der Waals surface area contributed by atoms with Crippen LogP contribution in [0.4, 0.5) is 11.5 Å². The Morgan fingerprint density at radius 2 is 2.05 bits per heavy atom. The van der Waals surface area contributed by atoms with Gasteiger partial charge >= 0.3 is 5.69 Å². The van der Waals surface area contributed by atoms with Crippen LogP contribution in [0, 0.1) is 16.0 Å². The summed E-state index contributed by atoms with van der Waals surface area (Å²) in [6.07, 6.45) is 3.30. The van der Waals surface area contributed by atoms with E-state index in [1.165, 1.54) is 0 Å². The Labute approximate surface area is 131 Å². The minimum atomic E-state index is -0.474. The second-order valence-electron chi connectivity index (χ2n) is 5.56. The van der Waals surface area contributed by atoms with E-state index in [-0.39, 0.29) is 17.4 Å². The molecule has 0 bridgehead atoms. The maximum absolute atomic E-state index is 11.4. The lowest BCUT2D eigenvalue weighted by molar-refractivity contribution is -0.385. The minimum Gasteiger partial charge on any atom is -0.473 e. The number of rotatable bonds is 10. The van der Waals surface area contributed by atoms with Crippen LogP contribution in [0.25, 0.3) is 0 Å². The Morgan fingerprint density at radius 1 is 1.32 bits per heavy atom.